The molecule has 0 aliphatic rings. The standard InChI is InChI=1S/C26H24N2O/c1-3-7-22(8-4-1)26(23-9-5-2-6-10-23)20-29-25-13-11-21(12-14-25)19-28-24-15-17-27-18-16-24/h1-18,26H,19-20H2,(H,27,28). The van der Waals surface area contributed by atoms with Crippen LogP contribution in [0.5, 0.6) is 5.75 Å². The molecule has 0 unspecified atom stereocenters. The first-order chi connectivity index (χ1) is 14.4. The molecule has 0 radical (unpaired) electrons. The Morgan fingerprint density at radius 2 is 1.28 bits per heavy atom. The van der Waals surface area contributed by atoms with Gasteiger partial charge >= 0.3 is 0 Å². The third kappa shape index (κ3) is 5.23. The van der Waals surface area contributed by atoms with Crippen LogP contribution in [0.2, 0.25) is 0 Å². The summed E-state index contributed by atoms with van der Waals surface area (Å²) in [7, 11) is 0. The van der Waals surface area contributed by atoms with Gasteiger partial charge in [-0.1, -0.05) is 72.8 Å². The van der Waals surface area contributed by atoms with E-state index in [4.69, 9.17) is 4.74 Å². The predicted octanol–water partition coefficient (Wildman–Crippen LogP) is 5.90. The molecule has 0 amide bonds. The number of anilines is 1. The van der Waals surface area contributed by atoms with Gasteiger partial charge in [0.2, 0.25) is 0 Å². The van der Waals surface area contributed by atoms with Crippen molar-refractivity contribution in [2.24, 2.45) is 0 Å². The molecule has 4 rings (SSSR count). The van der Waals surface area contributed by atoms with Crippen LogP contribution < -0.4 is 10.1 Å². The summed E-state index contributed by atoms with van der Waals surface area (Å²) in [5.41, 5.74) is 4.79. The molecule has 0 bridgehead atoms. The van der Waals surface area contributed by atoms with Gasteiger partial charge in [0.05, 0.1) is 6.61 Å². The van der Waals surface area contributed by atoms with Crippen LogP contribution in [-0.4, -0.2) is 11.6 Å². The fraction of sp³-hybridized carbons (Fsp3) is 0.115. The number of nitrogens with zero attached hydrogens (tertiary/aromatic N) is 1. The number of pyridine rings is 1. The molecule has 144 valence electrons. The molecule has 3 heteroatoms. The first-order valence-corrected chi connectivity index (χ1v) is 9.84. The van der Waals surface area contributed by atoms with Crippen molar-refractivity contribution in [3.8, 4) is 5.75 Å². The Balaban J connectivity index is 1.40. The Morgan fingerprint density at radius 1 is 0.690 bits per heavy atom. The lowest BCUT2D eigenvalue weighted by Gasteiger charge is -2.19. The third-order valence-corrected chi connectivity index (χ3v) is 4.92. The van der Waals surface area contributed by atoms with Crippen LogP contribution in [0.1, 0.15) is 22.6 Å². The van der Waals surface area contributed by atoms with Crippen LogP contribution in [0.25, 0.3) is 0 Å². The molecular weight excluding hydrogens is 356 g/mol. The average molecular weight is 380 g/mol. The number of benzene rings is 3. The highest BCUT2D eigenvalue weighted by molar-refractivity contribution is 5.42. The Hall–Kier alpha value is -3.59. The first kappa shape index (κ1) is 18.8. The second-order valence-corrected chi connectivity index (χ2v) is 6.92. The average Bonchev–Trinajstić information content (AvgIpc) is 2.81. The Bertz CT molecular complexity index is 948. The van der Waals surface area contributed by atoms with Crippen molar-refractivity contribution in [1.82, 2.24) is 4.98 Å². The summed E-state index contributed by atoms with van der Waals surface area (Å²) in [6.45, 7) is 1.36. The monoisotopic (exact) mass is 380 g/mol. The van der Waals surface area contributed by atoms with Crippen molar-refractivity contribution in [3.63, 3.8) is 0 Å². The second kappa shape index (κ2) is 9.56. The van der Waals surface area contributed by atoms with E-state index in [2.05, 4.69) is 71.0 Å². The van der Waals surface area contributed by atoms with Gasteiger partial charge in [-0.25, -0.2) is 0 Å². The van der Waals surface area contributed by atoms with Crippen molar-refractivity contribution in [3.05, 3.63) is 126 Å². The van der Waals surface area contributed by atoms with E-state index in [1.807, 2.05) is 36.4 Å². The number of nitrogens with one attached hydrogen (secondary N) is 1. The fourth-order valence-electron chi connectivity index (χ4n) is 3.31. The van der Waals surface area contributed by atoms with Gasteiger partial charge in [-0.3, -0.25) is 4.98 Å². The van der Waals surface area contributed by atoms with Crippen molar-refractivity contribution >= 4 is 5.69 Å². The maximum Gasteiger partial charge on any atom is 0.119 e. The molecular formula is C26H24N2O. The second-order valence-electron chi connectivity index (χ2n) is 6.92. The van der Waals surface area contributed by atoms with Gasteiger partial charge in [-0.2, -0.15) is 0 Å². The van der Waals surface area contributed by atoms with E-state index in [1.165, 1.54) is 16.7 Å². The zero-order valence-corrected chi connectivity index (χ0v) is 16.2. The minimum atomic E-state index is 0.199. The SMILES string of the molecule is c1ccc(C(COc2ccc(CNc3ccncc3)cc2)c2ccccc2)cc1. The van der Waals surface area contributed by atoms with Crippen molar-refractivity contribution in [2.45, 2.75) is 12.5 Å². The largest absolute Gasteiger partial charge is 0.493 e. The molecule has 0 spiro atoms. The minimum absolute atomic E-state index is 0.199. The third-order valence-electron chi connectivity index (χ3n) is 4.92. The molecule has 3 aromatic carbocycles. The van der Waals surface area contributed by atoms with Gasteiger partial charge < -0.3 is 10.1 Å². The fourth-order valence-corrected chi connectivity index (χ4v) is 3.31. The zero-order chi connectivity index (χ0) is 19.7. The molecule has 0 aliphatic heterocycles. The molecule has 3 nitrogen and oxygen atoms in total. The Labute approximate surface area is 172 Å². The van der Waals surface area contributed by atoms with Crippen LogP contribution in [0, 0.1) is 0 Å². The van der Waals surface area contributed by atoms with Gasteiger partial charge in [0, 0.05) is 30.5 Å². The number of ether oxygens (including phenoxy) is 1. The first-order valence-electron chi connectivity index (χ1n) is 9.84. The summed E-state index contributed by atoms with van der Waals surface area (Å²) in [6, 6.07) is 33.3. The van der Waals surface area contributed by atoms with Gasteiger partial charge in [-0.05, 0) is 41.0 Å². The van der Waals surface area contributed by atoms with Crippen molar-refractivity contribution in [2.75, 3.05) is 11.9 Å². The molecule has 29 heavy (non-hydrogen) atoms. The summed E-state index contributed by atoms with van der Waals surface area (Å²) in [6.07, 6.45) is 3.57. The summed E-state index contributed by atoms with van der Waals surface area (Å²) < 4.78 is 6.17. The molecule has 0 saturated carbocycles. The zero-order valence-electron chi connectivity index (χ0n) is 16.2. The number of hydrogen-bond acceptors (Lipinski definition) is 3. The number of rotatable bonds is 8. The lowest BCUT2D eigenvalue weighted by molar-refractivity contribution is 0.303. The van der Waals surface area contributed by atoms with E-state index < -0.39 is 0 Å². The number of hydrogen-bond donors (Lipinski definition) is 1. The summed E-state index contributed by atoms with van der Waals surface area (Å²) in [4.78, 5) is 4.03. The predicted molar refractivity (Wildman–Crippen MR) is 118 cm³/mol. The van der Waals surface area contributed by atoms with E-state index >= 15 is 0 Å². The van der Waals surface area contributed by atoms with Crippen LogP contribution in [-0.2, 0) is 6.54 Å². The maximum absolute atomic E-state index is 6.17. The van der Waals surface area contributed by atoms with Gasteiger partial charge in [-0.15, -0.1) is 0 Å². The lowest BCUT2D eigenvalue weighted by Crippen LogP contribution is -2.12. The molecule has 0 fully saturated rings. The summed E-state index contributed by atoms with van der Waals surface area (Å²) in [5, 5.41) is 3.39. The molecule has 1 heterocycles. The van der Waals surface area contributed by atoms with Crippen molar-refractivity contribution < 1.29 is 4.74 Å². The molecule has 4 aromatic rings. The number of aromatic nitrogens is 1. The van der Waals surface area contributed by atoms with Crippen LogP contribution in [0.3, 0.4) is 0 Å². The minimum Gasteiger partial charge on any atom is -0.493 e. The van der Waals surface area contributed by atoms with Gasteiger partial charge in [0.1, 0.15) is 5.75 Å². The molecule has 0 atom stereocenters. The summed E-state index contributed by atoms with van der Waals surface area (Å²) >= 11 is 0. The van der Waals surface area contributed by atoms with Gasteiger partial charge in [0.15, 0.2) is 0 Å². The van der Waals surface area contributed by atoms with Crippen LogP contribution in [0.15, 0.2) is 109 Å². The Morgan fingerprint density at radius 3 is 1.86 bits per heavy atom. The van der Waals surface area contributed by atoms with Gasteiger partial charge in [0.25, 0.3) is 0 Å². The molecule has 1 N–H and O–H groups in total. The van der Waals surface area contributed by atoms with E-state index in [9.17, 15) is 0 Å². The van der Waals surface area contributed by atoms with E-state index in [1.54, 1.807) is 12.4 Å². The molecule has 0 saturated heterocycles. The highest BCUT2D eigenvalue weighted by Gasteiger charge is 2.14. The normalized spacial score (nSPS) is 10.7. The lowest BCUT2D eigenvalue weighted by atomic mass is 9.92. The Kier molecular flexibility index (Phi) is 6.18. The van der Waals surface area contributed by atoms with E-state index in [0.29, 0.717) is 6.61 Å². The van der Waals surface area contributed by atoms with Crippen LogP contribution in [0.4, 0.5) is 5.69 Å². The highest BCUT2D eigenvalue weighted by atomic mass is 16.5. The maximum atomic E-state index is 6.17. The molecule has 0 aliphatic carbocycles. The topological polar surface area (TPSA) is 34.1 Å². The van der Waals surface area contributed by atoms with Crippen molar-refractivity contribution in [1.29, 1.82) is 0 Å². The van der Waals surface area contributed by atoms with E-state index in [0.717, 1.165) is 18.0 Å². The highest BCUT2D eigenvalue weighted by Crippen LogP contribution is 2.26. The quantitative estimate of drug-likeness (QED) is 0.413. The van der Waals surface area contributed by atoms with Crippen LogP contribution >= 0.6 is 0 Å². The molecule has 1 aromatic heterocycles. The van der Waals surface area contributed by atoms with E-state index in [-0.39, 0.29) is 5.92 Å². The summed E-state index contributed by atoms with van der Waals surface area (Å²) in [5.74, 6) is 1.08. The smallest absolute Gasteiger partial charge is 0.119 e.